The molecule has 0 spiro atoms. The van der Waals surface area contributed by atoms with Gasteiger partial charge in [-0.2, -0.15) is 11.8 Å². The molecule has 7 amide bonds. The van der Waals surface area contributed by atoms with Crippen LogP contribution < -0.4 is 37.2 Å². The second kappa shape index (κ2) is 53.8. The van der Waals surface area contributed by atoms with E-state index in [0.717, 1.165) is 62.3 Å². The number of nitrogens with zero attached hydrogens (tertiary/aromatic N) is 3. The fourth-order valence-corrected chi connectivity index (χ4v) is 12.5. The van der Waals surface area contributed by atoms with Gasteiger partial charge >= 0.3 is 53.7 Å². The predicted octanol–water partition coefficient (Wildman–Crippen LogP) is -1.21. The molecule has 3 aliphatic heterocycles. The van der Waals surface area contributed by atoms with Crippen molar-refractivity contribution in [3.63, 3.8) is 0 Å². The summed E-state index contributed by atoms with van der Waals surface area (Å²) in [4.78, 5) is 201. The van der Waals surface area contributed by atoms with Crippen molar-refractivity contribution in [3.8, 4) is 0 Å². The van der Waals surface area contributed by atoms with Gasteiger partial charge in [0.25, 0.3) is 0 Å². The van der Waals surface area contributed by atoms with E-state index in [9.17, 15) is 82.2 Å². The molecule has 113 heavy (non-hydrogen) atoms. The van der Waals surface area contributed by atoms with Gasteiger partial charge in [0.15, 0.2) is 55.5 Å². The molecule has 638 valence electrons. The summed E-state index contributed by atoms with van der Waals surface area (Å²) in [5.41, 5.74) is 9.44. The van der Waals surface area contributed by atoms with Gasteiger partial charge in [0, 0.05) is 152 Å². The van der Waals surface area contributed by atoms with Crippen LogP contribution in [0, 0.1) is 0 Å². The van der Waals surface area contributed by atoms with Gasteiger partial charge in [-0.25, -0.2) is 0 Å². The van der Waals surface area contributed by atoms with Crippen molar-refractivity contribution in [3.05, 3.63) is 10.4 Å². The first-order valence-electron chi connectivity index (χ1n) is 36.5. The van der Waals surface area contributed by atoms with Crippen molar-refractivity contribution in [2.45, 2.75) is 245 Å². The number of rotatable bonds is 51. The number of thioether (sulfide) groups is 1. The number of hydrogen-bond acceptors (Lipinski definition) is 35. The van der Waals surface area contributed by atoms with E-state index in [0.29, 0.717) is 0 Å². The summed E-state index contributed by atoms with van der Waals surface area (Å²) in [5.74, 6) is -9.93. The molecule has 0 aromatic heterocycles. The maximum Gasteiger partial charge on any atom is 0.303 e. The van der Waals surface area contributed by atoms with Crippen LogP contribution in [0.1, 0.15) is 141 Å². The molecule has 7 N–H and O–H groups in total. The number of carbonyl (C=O) groups is 16. The van der Waals surface area contributed by atoms with E-state index >= 15 is 0 Å². The van der Waals surface area contributed by atoms with E-state index in [4.69, 9.17) is 80.5 Å². The van der Waals surface area contributed by atoms with Crippen molar-refractivity contribution >= 4 is 107 Å². The lowest BCUT2D eigenvalue weighted by molar-refractivity contribution is -0.277. The Bertz CT molecular complexity index is 3210. The van der Waals surface area contributed by atoms with Gasteiger partial charge < -0.3 is 118 Å². The molecular weight excluding hydrogens is 1530 g/mol. The first-order valence-corrected chi connectivity index (χ1v) is 37.7. The lowest BCUT2D eigenvalue weighted by Crippen LogP contribution is -2.66. The average molecular weight is 1640 g/mol. The minimum Gasteiger partial charge on any atom is -0.463 e. The van der Waals surface area contributed by atoms with Gasteiger partial charge in [-0.1, -0.05) is 5.11 Å². The Kier molecular flexibility index (Phi) is 46.7. The first kappa shape index (κ1) is 98.1. The van der Waals surface area contributed by atoms with Crippen LogP contribution in [0.2, 0.25) is 0 Å². The summed E-state index contributed by atoms with van der Waals surface area (Å²) in [7, 11) is 0. The molecule has 0 radical (unpaired) electrons. The quantitative estimate of drug-likeness (QED) is 0.00938. The van der Waals surface area contributed by atoms with Crippen LogP contribution in [0.4, 0.5) is 0 Å². The van der Waals surface area contributed by atoms with E-state index in [1.54, 1.807) is 0 Å². The van der Waals surface area contributed by atoms with E-state index in [2.05, 4.69) is 47.2 Å². The van der Waals surface area contributed by atoms with Gasteiger partial charge in [-0.3, -0.25) is 76.7 Å². The molecular formula is C69H108N10O33S. The molecule has 0 bridgehead atoms. The highest BCUT2D eigenvalue weighted by Gasteiger charge is 2.54. The van der Waals surface area contributed by atoms with Crippen LogP contribution >= 0.6 is 11.8 Å². The van der Waals surface area contributed by atoms with Gasteiger partial charge in [-0.05, 0) is 44.1 Å². The molecule has 17 atom stereocenters. The van der Waals surface area contributed by atoms with Gasteiger partial charge in [0.05, 0.1) is 45.1 Å². The van der Waals surface area contributed by atoms with Gasteiger partial charge in [0.1, 0.15) is 56.3 Å². The van der Waals surface area contributed by atoms with Crippen LogP contribution in [0.3, 0.4) is 0 Å². The third-order valence-corrected chi connectivity index (χ3v) is 17.2. The summed E-state index contributed by atoms with van der Waals surface area (Å²) in [6.07, 6.45) is -14.2. The number of hydrogen-bond donors (Lipinski definition) is 7. The molecule has 43 nitrogen and oxygen atoms in total. The smallest absolute Gasteiger partial charge is 0.303 e. The number of azide groups is 1. The lowest BCUT2D eigenvalue weighted by Gasteiger charge is -2.44. The fraction of sp³-hybridized carbons (Fsp3) is 0.768. The molecule has 3 fully saturated rings. The number of unbranched alkanes of at least 4 members (excludes halogenated alkanes) is 3. The summed E-state index contributed by atoms with van der Waals surface area (Å²) in [6, 6.07) is -5.03. The maximum absolute atomic E-state index is 13.6. The SMILES string of the molecule is CC(=O)N[C@H]1[C@H](OCCCCC(=O)NCC(=O)NCCOCCOCC(CSC[C@@H](CNC(=O)CCCCO[C@@H]2O[C@H](COC(C)=O)[C@H](OC(C)=O)[C@H](OC(C)=O)[C@H]2NC(C)=O)NC(=O)CCCCO[C@@H]2O[C@H](COC(C)=O)[C@H](OC(C)=O)[C@H](OC(C)=O)[C@H]2NC(C)=O)N=[N+]=[N-])O[C@H](COC(C)=O)[C@H](OC(C)=O)[C@@H]1OC(C)=O. The van der Waals surface area contributed by atoms with Crippen molar-refractivity contribution in [2.24, 2.45) is 5.11 Å². The minimum atomic E-state index is -1.36. The van der Waals surface area contributed by atoms with Crippen molar-refractivity contribution in [1.82, 2.24) is 37.2 Å². The Balaban J connectivity index is 1.57. The summed E-state index contributed by atoms with van der Waals surface area (Å²) < 4.78 is 95.5. The molecule has 1 unspecified atom stereocenters. The number of amides is 7. The molecule has 0 aromatic carbocycles. The lowest BCUT2D eigenvalue weighted by atomic mass is 9.96. The number of nitrogens with one attached hydrogen (secondary N) is 7. The molecule has 0 saturated carbocycles. The summed E-state index contributed by atoms with van der Waals surface area (Å²) in [5, 5.41) is 22.6. The summed E-state index contributed by atoms with van der Waals surface area (Å²) >= 11 is 1.28. The largest absolute Gasteiger partial charge is 0.463 e. The van der Waals surface area contributed by atoms with Crippen molar-refractivity contribution in [2.75, 3.05) is 97.2 Å². The Morgan fingerprint density at radius 1 is 0.398 bits per heavy atom. The Morgan fingerprint density at radius 2 is 0.752 bits per heavy atom. The van der Waals surface area contributed by atoms with Gasteiger partial charge in [0.2, 0.25) is 41.4 Å². The number of esters is 9. The normalized spacial score (nSPS) is 23.5. The van der Waals surface area contributed by atoms with E-state index in [-0.39, 0.29) is 135 Å². The molecule has 3 rings (SSSR count). The monoisotopic (exact) mass is 1640 g/mol. The second-order valence-corrected chi connectivity index (χ2v) is 27.0. The Morgan fingerprint density at radius 3 is 1.11 bits per heavy atom. The molecule has 3 aliphatic rings. The highest BCUT2D eigenvalue weighted by molar-refractivity contribution is 7.99. The zero-order chi connectivity index (χ0) is 84.1. The second-order valence-electron chi connectivity index (χ2n) is 25.9. The number of ether oxygens (including phenoxy) is 17. The topological polar surface area (TPSA) is 563 Å². The maximum atomic E-state index is 13.6. The minimum absolute atomic E-state index is 0.00703. The highest BCUT2D eigenvalue weighted by Crippen LogP contribution is 2.32. The van der Waals surface area contributed by atoms with Crippen LogP contribution in [-0.2, 0) is 157 Å². The summed E-state index contributed by atoms with van der Waals surface area (Å²) in [6.45, 7) is 11.9. The van der Waals surface area contributed by atoms with E-state index in [1.165, 1.54) is 32.5 Å². The van der Waals surface area contributed by atoms with Crippen LogP contribution in [0.5, 0.6) is 0 Å². The van der Waals surface area contributed by atoms with Crippen LogP contribution in [-0.4, -0.2) is 296 Å². The molecule has 0 aromatic rings. The zero-order valence-electron chi connectivity index (χ0n) is 65.5. The Labute approximate surface area is 656 Å². The van der Waals surface area contributed by atoms with Crippen molar-refractivity contribution in [1.29, 1.82) is 0 Å². The van der Waals surface area contributed by atoms with Crippen LogP contribution in [0.15, 0.2) is 5.11 Å². The third kappa shape index (κ3) is 40.9. The molecule has 3 heterocycles. The highest BCUT2D eigenvalue weighted by atomic mass is 32.2. The molecule has 44 heteroatoms. The van der Waals surface area contributed by atoms with Crippen molar-refractivity contribution < 1.29 is 157 Å². The average Bonchev–Trinajstić information content (AvgIpc) is 0.799. The Hall–Kier alpha value is -9.14. The van der Waals surface area contributed by atoms with Crippen LogP contribution in [0.25, 0.3) is 10.4 Å². The molecule has 3 saturated heterocycles. The number of carbonyl (C=O) groups excluding carboxylic acids is 16. The third-order valence-electron chi connectivity index (χ3n) is 15.9. The predicted molar refractivity (Wildman–Crippen MR) is 384 cm³/mol. The molecule has 0 aliphatic carbocycles. The van der Waals surface area contributed by atoms with Gasteiger partial charge in [-0.15, -0.1) is 0 Å². The van der Waals surface area contributed by atoms with E-state index in [1.807, 2.05) is 0 Å². The standard InChI is InChI=1S/C69H108N10O33S/c1-37(80)74-58-64(107-46(10)89)61(104-43(7)86)51(32-101-40(4)83)110-67(58)98-23-16-13-19-54(92)72-29-49(77-56(94)21-15-18-25-100-69-60(76-39(3)82)66(109-48(12)91)63(106-45(9)88)53(112-69)34-103-42(6)85)35-113-36-50(78-79-70)31-97-28-27-96-26-22-71-57(95)30-73-55(93)20-14-17-24-99-68-59(75-38(2)81)65(108-47(11)90)62(105-44(8)87)52(111-68)33-102-41(5)84/h49-53,58-69H,13-36H2,1-12H3,(H,71,95)(H,72,92)(H,73,93)(H,74,80)(H,75,81)(H,76,82)(H,77,94)/t49-,50?,51-,52-,53-,58-,59-,60-,61+,62+,63+,64-,65-,66-,67-,68-,69-/m1/s1. The zero-order valence-corrected chi connectivity index (χ0v) is 66.3. The van der Waals surface area contributed by atoms with E-state index < -0.39 is 219 Å². The fourth-order valence-electron chi connectivity index (χ4n) is 11.4. The first-order chi connectivity index (χ1) is 53.6.